The second-order valence-electron chi connectivity index (χ2n) is 4.26. The molecule has 0 atom stereocenters. The van der Waals surface area contributed by atoms with Crippen LogP contribution in [0, 0.1) is 0 Å². The molecule has 104 valence electrons. The summed E-state index contributed by atoms with van der Waals surface area (Å²) in [4.78, 5) is 38.7. The Balaban J connectivity index is 2.90. The van der Waals surface area contributed by atoms with Crippen molar-refractivity contribution in [2.75, 3.05) is 13.2 Å². The van der Waals surface area contributed by atoms with Crippen molar-refractivity contribution in [3.8, 4) is 0 Å². The Bertz CT molecular complexity index is 507. The van der Waals surface area contributed by atoms with E-state index >= 15 is 0 Å². The molecule has 19 heavy (non-hydrogen) atoms. The zero-order valence-corrected chi connectivity index (χ0v) is 11.3. The maximum Gasteiger partial charge on any atom is 0.325 e. The molecule has 6 heteroatoms. The second-order valence-corrected chi connectivity index (χ2v) is 4.26. The monoisotopic (exact) mass is 266 g/mol. The van der Waals surface area contributed by atoms with Gasteiger partial charge in [-0.25, -0.2) is 0 Å². The van der Waals surface area contributed by atoms with Gasteiger partial charge >= 0.3 is 5.97 Å². The third-order valence-electron chi connectivity index (χ3n) is 2.49. The maximum atomic E-state index is 12.2. The Morgan fingerprint density at radius 1 is 1.37 bits per heavy atom. The smallest absolute Gasteiger partial charge is 0.325 e. The van der Waals surface area contributed by atoms with Crippen LogP contribution in [0.5, 0.6) is 0 Å². The van der Waals surface area contributed by atoms with Crippen molar-refractivity contribution in [1.29, 1.82) is 0 Å². The van der Waals surface area contributed by atoms with Crippen LogP contribution in [0.1, 0.15) is 31.3 Å². The van der Waals surface area contributed by atoms with Crippen LogP contribution >= 0.6 is 0 Å². The highest BCUT2D eigenvalue weighted by molar-refractivity contribution is 5.94. The van der Waals surface area contributed by atoms with Crippen LogP contribution in [-0.4, -0.2) is 41.0 Å². The molecule has 0 aliphatic carbocycles. The minimum atomic E-state index is -0.470. The topological polar surface area (TPSA) is 79.5 Å². The SMILES string of the molecule is CCOC(=O)CN(C(=O)c1cccc(=O)[nH]1)C(C)C. The molecule has 1 heterocycles. The van der Waals surface area contributed by atoms with Crippen molar-refractivity contribution < 1.29 is 14.3 Å². The minimum Gasteiger partial charge on any atom is -0.465 e. The number of aromatic nitrogens is 1. The highest BCUT2D eigenvalue weighted by Gasteiger charge is 2.22. The van der Waals surface area contributed by atoms with E-state index in [1.807, 2.05) is 0 Å². The van der Waals surface area contributed by atoms with Crippen molar-refractivity contribution in [2.45, 2.75) is 26.8 Å². The number of carbonyl (C=O) groups is 2. The summed E-state index contributed by atoms with van der Waals surface area (Å²) in [6.45, 7) is 5.41. The molecule has 0 aromatic carbocycles. The normalized spacial score (nSPS) is 10.3. The quantitative estimate of drug-likeness (QED) is 0.799. The first kappa shape index (κ1) is 14.9. The average molecular weight is 266 g/mol. The van der Waals surface area contributed by atoms with Crippen LogP contribution in [-0.2, 0) is 9.53 Å². The number of esters is 1. The van der Waals surface area contributed by atoms with Crippen molar-refractivity contribution in [2.24, 2.45) is 0 Å². The lowest BCUT2D eigenvalue weighted by molar-refractivity contribution is -0.144. The van der Waals surface area contributed by atoms with Gasteiger partial charge in [-0.15, -0.1) is 0 Å². The minimum absolute atomic E-state index is 0.138. The van der Waals surface area contributed by atoms with Crippen molar-refractivity contribution in [1.82, 2.24) is 9.88 Å². The fraction of sp³-hybridized carbons (Fsp3) is 0.462. The van der Waals surface area contributed by atoms with Crippen LogP contribution in [0.3, 0.4) is 0 Å². The molecule has 0 fully saturated rings. The zero-order valence-electron chi connectivity index (χ0n) is 11.3. The number of H-pyrrole nitrogens is 1. The molecule has 0 radical (unpaired) electrons. The molecule has 1 aromatic rings. The fourth-order valence-corrected chi connectivity index (χ4v) is 1.56. The maximum absolute atomic E-state index is 12.2. The van der Waals surface area contributed by atoms with E-state index < -0.39 is 11.9 Å². The summed E-state index contributed by atoms with van der Waals surface area (Å²) in [6.07, 6.45) is 0. The van der Waals surface area contributed by atoms with E-state index in [0.717, 1.165) is 0 Å². The Morgan fingerprint density at radius 3 is 2.58 bits per heavy atom. The number of ether oxygens (including phenoxy) is 1. The lowest BCUT2D eigenvalue weighted by atomic mass is 10.2. The van der Waals surface area contributed by atoms with Gasteiger partial charge in [-0.3, -0.25) is 14.4 Å². The molecule has 1 N–H and O–H groups in total. The number of nitrogens with one attached hydrogen (secondary N) is 1. The van der Waals surface area contributed by atoms with Crippen LogP contribution in [0.15, 0.2) is 23.0 Å². The van der Waals surface area contributed by atoms with Gasteiger partial charge in [0.2, 0.25) is 5.56 Å². The molecule has 0 saturated heterocycles. The lowest BCUT2D eigenvalue weighted by Gasteiger charge is -2.25. The van der Waals surface area contributed by atoms with E-state index in [9.17, 15) is 14.4 Å². The van der Waals surface area contributed by atoms with E-state index in [1.165, 1.54) is 23.1 Å². The van der Waals surface area contributed by atoms with Gasteiger partial charge in [-0.05, 0) is 26.8 Å². The molecule has 1 rings (SSSR count). The molecular weight excluding hydrogens is 248 g/mol. The third kappa shape index (κ3) is 4.24. The van der Waals surface area contributed by atoms with Crippen LogP contribution in [0.4, 0.5) is 0 Å². The summed E-state index contributed by atoms with van der Waals surface area (Å²) in [5, 5.41) is 0. The van der Waals surface area contributed by atoms with Gasteiger partial charge in [0, 0.05) is 12.1 Å². The second kappa shape index (κ2) is 6.72. The first-order valence-electron chi connectivity index (χ1n) is 6.11. The van der Waals surface area contributed by atoms with Crippen molar-refractivity contribution >= 4 is 11.9 Å². The zero-order chi connectivity index (χ0) is 14.4. The number of nitrogens with zero attached hydrogens (tertiary/aromatic N) is 1. The molecule has 1 aromatic heterocycles. The standard InChI is InChI=1S/C13H18N2O4/c1-4-19-12(17)8-15(9(2)3)13(18)10-6-5-7-11(16)14-10/h5-7,9H,4,8H2,1-3H3,(H,14,16). The van der Waals surface area contributed by atoms with E-state index in [0.29, 0.717) is 0 Å². The van der Waals surface area contributed by atoms with Gasteiger partial charge in [0.1, 0.15) is 12.2 Å². The molecule has 1 amide bonds. The molecule has 6 nitrogen and oxygen atoms in total. The van der Waals surface area contributed by atoms with E-state index in [2.05, 4.69) is 4.98 Å². The largest absolute Gasteiger partial charge is 0.465 e. The van der Waals surface area contributed by atoms with E-state index in [4.69, 9.17) is 4.74 Å². The van der Waals surface area contributed by atoms with Crippen LogP contribution < -0.4 is 5.56 Å². The molecular formula is C13H18N2O4. The molecule has 0 aliphatic rings. The third-order valence-corrected chi connectivity index (χ3v) is 2.49. The summed E-state index contributed by atoms with van der Waals surface area (Å²) < 4.78 is 4.83. The van der Waals surface area contributed by atoms with Gasteiger partial charge in [0.25, 0.3) is 5.91 Å². The highest BCUT2D eigenvalue weighted by Crippen LogP contribution is 2.05. The Hall–Kier alpha value is -2.11. The van der Waals surface area contributed by atoms with Gasteiger partial charge in [-0.1, -0.05) is 6.07 Å². The molecule has 0 saturated carbocycles. The average Bonchev–Trinajstić information content (AvgIpc) is 2.35. The number of carbonyl (C=O) groups excluding carboxylic acids is 2. The Morgan fingerprint density at radius 2 is 2.05 bits per heavy atom. The van der Waals surface area contributed by atoms with E-state index in [-0.39, 0.29) is 30.4 Å². The lowest BCUT2D eigenvalue weighted by Crippen LogP contribution is -2.42. The molecule has 0 aliphatic heterocycles. The number of hydrogen-bond acceptors (Lipinski definition) is 4. The van der Waals surface area contributed by atoms with E-state index in [1.54, 1.807) is 20.8 Å². The van der Waals surface area contributed by atoms with Gasteiger partial charge in [-0.2, -0.15) is 0 Å². The predicted octanol–water partition coefficient (Wildman–Crippen LogP) is 0.789. The summed E-state index contributed by atoms with van der Waals surface area (Å²) in [5.41, 5.74) is -0.198. The summed E-state index contributed by atoms with van der Waals surface area (Å²) in [5.74, 6) is -0.872. The molecule has 0 spiro atoms. The Kier molecular flexibility index (Phi) is 5.29. The van der Waals surface area contributed by atoms with Gasteiger partial charge < -0.3 is 14.6 Å². The number of pyridine rings is 1. The number of rotatable bonds is 5. The first-order valence-corrected chi connectivity index (χ1v) is 6.11. The molecule has 0 unspecified atom stereocenters. The number of aromatic amines is 1. The predicted molar refractivity (Wildman–Crippen MR) is 69.9 cm³/mol. The Labute approximate surface area is 111 Å². The molecule has 0 bridgehead atoms. The van der Waals surface area contributed by atoms with Gasteiger partial charge in [0.15, 0.2) is 0 Å². The van der Waals surface area contributed by atoms with Gasteiger partial charge in [0.05, 0.1) is 6.61 Å². The summed E-state index contributed by atoms with van der Waals surface area (Å²) >= 11 is 0. The van der Waals surface area contributed by atoms with Crippen molar-refractivity contribution in [3.63, 3.8) is 0 Å². The summed E-state index contributed by atoms with van der Waals surface area (Å²) in [6, 6.07) is 4.14. The van der Waals surface area contributed by atoms with Crippen LogP contribution in [0.2, 0.25) is 0 Å². The highest BCUT2D eigenvalue weighted by atomic mass is 16.5. The van der Waals surface area contributed by atoms with Crippen LogP contribution in [0.25, 0.3) is 0 Å². The fourth-order valence-electron chi connectivity index (χ4n) is 1.56. The number of hydrogen-bond donors (Lipinski definition) is 1. The summed E-state index contributed by atoms with van der Waals surface area (Å²) in [7, 11) is 0. The van der Waals surface area contributed by atoms with Crippen molar-refractivity contribution in [3.05, 3.63) is 34.2 Å². The first-order chi connectivity index (χ1) is 8.95. The number of amides is 1.